The summed E-state index contributed by atoms with van der Waals surface area (Å²) in [5, 5.41) is 3.10. The van der Waals surface area contributed by atoms with Crippen molar-refractivity contribution in [2.75, 3.05) is 26.2 Å². The molecule has 1 N–H and O–H groups in total. The number of carbonyl (C=O) groups excluding carboxylic acids is 1. The van der Waals surface area contributed by atoms with Crippen LogP contribution < -0.4 is 10.1 Å². The first-order chi connectivity index (χ1) is 12.3. The highest BCUT2D eigenvalue weighted by Gasteiger charge is 2.24. The predicted octanol–water partition coefficient (Wildman–Crippen LogP) is 3.65. The minimum Gasteiger partial charge on any atom is -0.494 e. The van der Waals surface area contributed by atoms with E-state index in [9.17, 15) is 4.79 Å². The molecule has 0 spiro atoms. The van der Waals surface area contributed by atoms with Crippen LogP contribution in [0.1, 0.15) is 41.7 Å². The molecule has 1 saturated heterocycles. The van der Waals surface area contributed by atoms with Crippen molar-refractivity contribution in [3.8, 4) is 5.75 Å². The summed E-state index contributed by atoms with van der Waals surface area (Å²) in [5.41, 5.74) is 1.92. The number of hydrogen-bond donors (Lipinski definition) is 1. The molecule has 1 aliphatic heterocycles. The number of benzene rings is 2. The third-order valence-corrected chi connectivity index (χ3v) is 4.65. The molecular formula is C21H26N2O2. The molecule has 3 rings (SSSR count). The Bertz CT molecular complexity index is 664. The van der Waals surface area contributed by atoms with E-state index >= 15 is 0 Å². The van der Waals surface area contributed by atoms with Gasteiger partial charge in [0.1, 0.15) is 5.75 Å². The van der Waals surface area contributed by atoms with Crippen LogP contribution in [0.3, 0.4) is 0 Å². The molecule has 1 aliphatic rings. The van der Waals surface area contributed by atoms with E-state index in [0.717, 1.165) is 18.8 Å². The summed E-state index contributed by atoms with van der Waals surface area (Å²) in [4.78, 5) is 14.8. The van der Waals surface area contributed by atoms with Crippen LogP contribution in [0.4, 0.5) is 0 Å². The zero-order valence-electron chi connectivity index (χ0n) is 14.8. The van der Waals surface area contributed by atoms with Gasteiger partial charge in [-0.25, -0.2) is 0 Å². The van der Waals surface area contributed by atoms with Gasteiger partial charge in [0.2, 0.25) is 0 Å². The normalized spacial score (nSPS) is 15.7. The fraction of sp³-hybridized carbons (Fsp3) is 0.381. The molecule has 1 heterocycles. The number of amides is 1. The predicted molar refractivity (Wildman–Crippen MR) is 99.9 cm³/mol. The van der Waals surface area contributed by atoms with Crippen LogP contribution in [0.5, 0.6) is 5.75 Å². The van der Waals surface area contributed by atoms with Crippen LogP contribution in [0.15, 0.2) is 54.6 Å². The minimum absolute atomic E-state index is 0.0178. The molecule has 1 fully saturated rings. The molecule has 0 bridgehead atoms. The Morgan fingerprint density at radius 1 is 1.08 bits per heavy atom. The van der Waals surface area contributed by atoms with E-state index in [2.05, 4.69) is 22.3 Å². The summed E-state index contributed by atoms with van der Waals surface area (Å²) >= 11 is 0. The first kappa shape index (κ1) is 17.5. The van der Waals surface area contributed by atoms with Gasteiger partial charge in [0.15, 0.2) is 0 Å². The number of nitrogens with one attached hydrogen (secondary N) is 1. The summed E-state index contributed by atoms with van der Waals surface area (Å²) in [6.45, 7) is 5.43. The zero-order chi connectivity index (χ0) is 17.5. The van der Waals surface area contributed by atoms with Crippen LogP contribution in [-0.2, 0) is 0 Å². The second-order valence-corrected chi connectivity index (χ2v) is 6.34. The SMILES string of the molecule is CCOc1ccc(C(CNC(=O)c2ccccc2)N2CCCC2)cc1. The van der Waals surface area contributed by atoms with Crippen molar-refractivity contribution in [3.63, 3.8) is 0 Å². The molecule has 0 radical (unpaired) electrons. The number of nitrogens with zero attached hydrogens (tertiary/aromatic N) is 1. The first-order valence-corrected chi connectivity index (χ1v) is 9.08. The number of likely N-dealkylation sites (tertiary alicyclic amines) is 1. The average Bonchev–Trinajstić information content (AvgIpc) is 3.18. The highest BCUT2D eigenvalue weighted by Crippen LogP contribution is 2.26. The molecule has 2 aromatic rings. The van der Waals surface area contributed by atoms with Gasteiger partial charge in [0.25, 0.3) is 5.91 Å². The van der Waals surface area contributed by atoms with Gasteiger partial charge in [0, 0.05) is 12.1 Å². The molecule has 0 saturated carbocycles. The van der Waals surface area contributed by atoms with Crippen molar-refractivity contribution in [2.45, 2.75) is 25.8 Å². The van der Waals surface area contributed by atoms with Crippen molar-refractivity contribution in [1.82, 2.24) is 10.2 Å². The molecule has 4 nitrogen and oxygen atoms in total. The maximum atomic E-state index is 12.4. The maximum absolute atomic E-state index is 12.4. The molecule has 0 aromatic heterocycles. The van der Waals surface area contributed by atoms with Crippen LogP contribution in [-0.4, -0.2) is 37.0 Å². The van der Waals surface area contributed by atoms with E-state index in [-0.39, 0.29) is 11.9 Å². The van der Waals surface area contributed by atoms with E-state index in [4.69, 9.17) is 4.74 Å². The molecule has 0 aliphatic carbocycles. The van der Waals surface area contributed by atoms with E-state index in [1.807, 2.05) is 49.4 Å². The van der Waals surface area contributed by atoms with E-state index in [1.54, 1.807) is 0 Å². The minimum atomic E-state index is -0.0178. The van der Waals surface area contributed by atoms with Gasteiger partial charge < -0.3 is 10.1 Å². The van der Waals surface area contributed by atoms with Gasteiger partial charge in [-0.05, 0) is 62.7 Å². The van der Waals surface area contributed by atoms with Gasteiger partial charge in [0.05, 0.1) is 12.6 Å². The molecule has 25 heavy (non-hydrogen) atoms. The Morgan fingerprint density at radius 3 is 2.40 bits per heavy atom. The second-order valence-electron chi connectivity index (χ2n) is 6.34. The van der Waals surface area contributed by atoms with Crippen molar-refractivity contribution < 1.29 is 9.53 Å². The van der Waals surface area contributed by atoms with Crippen molar-refractivity contribution >= 4 is 5.91 Å². The Labute approximate surface area is 149 Å². The van der Waals surface area contributed by atoms with Crippen LogP contribution in [0, 0.1) is 0 Å². The molecule has 1 atom stereocenters. The fourth-order valence-corrected chi connectivity index (χ4v) is 3.34. The quantitative estimate of drug-likeness (QED) is 0.838. The summed E-state index contributed by atoms with van der Waals surface area (Å²) in [5.74, 6) is 0.871. The number of ether oxygens (including phenoxy) is 1. The third-order valence-electron chi connectivity index (χ3n) is 4.65. The number of rotatable bonds is 7. The Morgan fingerprint density at radius 2 is 1.76 bits per heavy atom. The maximum Gasteiger partial charge on any atom is 0.251 e. The van der Waals surface area contributed by atoms with Crippen molar-refractivity contribution in [2.24, 2.45) is 0 Å². The monoisotopic (exact) mass is 338 g/mol. The van der Waals surface area contributed by atoms with E-state index in [0.29, 0.717) is 18.7 Å². The van der Waals surface area contributed by atoms with Gasteiger partial charge in [-0.15, -0.1) is 0 Å². The summed E-state index contributed by atoms with van der Waals surface area (Å²) in [6, 6.07) is 17.8. The van der Waals surface area contributed by atoms with Gasteiger partial charge in [-0.2, -0.15) is 0 Å². The molecule has 1 amide bonds. The summed E-state index contributed by atoms with van der Waals surface area (Å²) < 4.78 is 5.54. The Balaban J connectivity index is 1.70. The summed E-state index contributed by atoms with van der Waals surface area (Å²) in [7, 11) is 0. The number of carbonyl (C=O) groups is 1. The lowest BCUT2D eigenvalue weighted by Crippen LogP contribution is -2.36. The molecule has 132 valence electrons. The smallest absolute Gasteiger partial charge is 0.251 e. The van der Waals surface area contributed by atoms with E-state index < -0.39 is 0 Å². The van der Waals surface area contributed by atoms with E-state index in [1.165, 1.54) is 18.4 Å². The summed E-state index contributed by atoms with van der Waals surface area (Å²) in [6.07, 6.45) is 2.44. The van der Waals surface area contributed by atoms with Crippen molar-refractivity contribution in [1.29, 1.82) is 0 Å². The lowest BCUT2D eigenvalue weighted by atomic mass is 10.0. The van der Waals surface area contributed by atoms with Crippen molar-refractivity contribution in [3.05, 3.63) is 65.7 Å². The van der Waals surface area contributed by atoms with Gasteiger partial charge in [-0.3, -0.25) is 9.69 Å². The molecular weight excluding hydrogens is 312 g/mol. The second kappa shape index (κ2) is 8.67. The first-order valence-electron chi connectivity index (χ1n) is 9.08. The Kier molecular flexibility index (Phi) is 6.07. The average molecular weight is 338 g/mol. The molecule has 1 unspecified atom stereocenters. The Hall–Kier alpha value is -2.33. The van der Waals surface area contributed by atoms with Crippen LogP contribution >= 0.6 is 0 Å². The van der Waals surface area contributed by atoms with Crippen LogP contribution in [0.25, 0.3) is 0 Å². The zero-order valence-corrected chi connectivity index (χ0v) is 14.8. The highest BCUT2D eigenvalue weighted by molar-refractivity contribution is 5.94. The fourth-order valence-electron chi connectivity index (χ4n) is 3.34. The topological polar surface area (TPSA) is 41.6 Å². The lowest BCUT2D eigenvalue weighted by Gasteiger charge is -2.28. The van der Waals surface area contributed by atoms with Gasteiger partial charge >= 0.3 is 0 Å². The standard InChI is InChI=1S/C21H26N2O2/c1-2-25-19-12-10-17(11-13-19)20(23-14-6-7-15-23)16-22-21(24)18-8-4-3-5-9-18/h3-5,8-13,20H,2,6-7,14-16H2,1H3,(H,22,24). The number of hydrogen-bond acceptors (Lipinski definition) is 3. The lowest BCUT2D eigenvalue weighted by molar-refractivity contribution is 0.0938. The van der Waals surface area contributed by atoms with Gasteiger partial charge in [-0.1, -0.05) is 30.3 Å². The highest BCUT2D eigenvalue weighted by atomic mass is 16.5. The van der Waals surface area contributed by atoms with Crippen LogP contribution in [0.2, 0.25) is 0 Å². The molecule has 4 heteroatoms. The largest absolute Gasteiger partial charge is 0.494 e. The molecule has 2 aromatic carbocycles. The third kappa shape index (κ3) is 4.60.